The molecular formula is C8H14ClNO3. The molecule has 13 heavy (non-hydrogen) atoms. The third-order valence-electron chi connectivity index (χ3n) is 2.68. The van der Waals surface area contributed by atoms with Crippen molar-refractivity contribution in [1.29, 1.82) is 0 Å². The maximum Gasteiger partial charge on any atom is 0.206 e. The Balaban J connectivity index is 2.46. The van der Waals surface area contributed by atoms with Crippen molar-refractivity contribution in [2.45, 2.75) is 37.2 Å². The summed E-state index contributed by atoms with van der Waals surface area (Å²) in [7, 11) is 0. The van der Waals surface area contributed by atoms with Gasteiger partial charge in [0.25, 0.3) is 0 Å². The average Bonchev–Trinajstić information content (AvgIpc) is 1.97. The minimum absolute atomic E-state index is 0.0257. The van der Waals surface area contributed by atoms with Gasteiger partial charge >= 0.3 is 0 Å². The molecule has 0 aromatic rings. The van der Waals surface area contributed by atoms with Crippen molar-refractivity contribution in [3.8, 4) is 0 Å². The molecule has 0 heterocycles. The maximum absolute atomic E-state index is 10.2. The highest BCUT2D eigenvalue weighted by atomic mass is 35.5. The minimum atomic E-state index is -0.853. The first-order valence-corrected chi connectivity index (χ1v) is 4.83. The molecule has 3 atom stereocenters. The van der Waals surface area contributed by atoms with Crippen LogP contribution in [0.3, 0.4) is 0 Å². The second-order valence-corrected chi connectivity index (χ2v) is 4.51. The molecule has 1 aliphatic carbocycles. The third-order valence-corrected chi connectivity index (χ3v) is 3.33. The predicted molar refractivity (Wildman–Crippen MR) is 49.5 cm³/mol. The van der Waals surface area contributed by atoms with E-state index in [1.165, 1.54) is 0 Å². The van der Waals surface area contributed by atoms with Crippen LogP contribution in [0.5, 0.6) is 0 Å². The Kier molecular flexibility index (Phi) is 3.14. The summed E-state index contributed by atoms with van der Waals surface area (Å²) in [4.78, 5) is 9.92. The van der Waals surface area contributed by atoms with Crippen LogP contribution < -0.4 is 0 Å². The monoisotopic (exact) mass is 207 g/mol. The van der Waals surface area contributed by atoms with Gasteiger partial charge < -0.3 is 5.11 Å². The number of nitro groups is 1. The summed E-state index contributed by atoms with van der Waals surface area (Å²) in [5, 5.41) is 19.6. The number of rotatable bonds is 2. The van der Waals surface area contributed by atoms with Gasteiger partial charge in [-0.05, 0) is 26.2 Å². The lowest BCUT2D eigenvalue weighted by Gasteiger charge is -2.35. The fourth-order valence-electron chi connectivity index (χ4n) is 1.69. The Morgan fingerprint density at radius 3 is 2.85 bits per heavy atom. The Labute approximate surface area is 82.0 Å². The van der Waals surface area contributed by atoms with Crippen molar-refractivity contribution in [3.63, 3.8) is 0 Å². The Morgan fingerprint density at radius 1 is 1.77 bits per heavy atom. The molecule has 1 fully saturated rings. The van der Waals surface area contributed by atoms with Crippen molar-refractivity contribution in [1.82, 2.24) is 0 Å². The van der Waals surface area contributed by atoms with Gasteiger partial charge in [0.15, 0.2) is 0 Å². The van der Waals surface area contributed by atoms with Gasteiger partial charge in [-0.25, -0.2) is 0 Å². The van der Waals surface area contributed by atoms with Gasteiger partial charge in [0.2, 0.25) is 6.54 Å². The molecule has 0 saturated heterocycles. The Hall–Kier alpha value is -0.350. The number of hydrogen-bond acceptors (Lipinski definition) is 3. The molecule has 5 heteroatoms. The Morgan fingerprint density at radius 2 is 2.38 bits per heavy atom. The first-order chi connectivity index (χ1) is 5.92. The maximum atomic E-state index is 10.2. The quantitative estimate of drug-likeness (QED) is 0.423. The number of nitrogens with zero attached hydrogens (tertiary/aromatic N) is 1. The molecule has 0 amide bonds. The summed E-state index contributed by atoms with van der Waals surface area (Å²) in [5.74, 6) is 0.0257. The lowest BCUT2D eigenvalue weighted by Crippen LogP contribution is -2.42. The summed E-state index contributed by atoms with van der Waals surface area (Å²) >= 11 is 5.91. The second kappa shape index (κ2) is 3.80. The van der Waals surface area contributed by atoms with E-state index in [2.05, 4.69) is 0 Å². The van der Waals surface area contributed by atoms with E-state index in [1.807, 2.05) is 0 Å². The van der Waals surface area contributed by atoms with Crippen LogP contribution in [0.2, 0.25) is 0 Å². The molecule has 1 rings (SSSR count). The molecule has 1 aliphatic rings. The predicted octanol–water partition coefficient (Wildman–Crippen LogP) is 1.42. The third kappa shape index (κ3) is 2.81. The van der Waals surface area contributed by atoms with E-state index in [1.54, 1.807) is 6.92 Å². The summed E-state index contributed by atoms with van der Waals surface area (Å²) in [5.41, 5.74) is -0.853. The second-order valence-electron chi connectivity index (χ2n) is 3.98. The van der Waals surface area contributed by atoms with Crippen LogP contribution in [-0.4, -0.2) is 27.6 Å². The summed E-state index contributed by atoms with van der Waals surface area (Å²) < 4.78 is 0. The van der Waals surface area contributed by atoms with Crippen LogP contribution in [0.1, 0.15) is 26.2 Å². The van der Waals surface area contributed by atoms with Gasteiger partial charge in [0, 0.05) is 10.8 Å². The van der Waals surface area contributed by atoms with E-state index in [-0.39, 0.29) is 22.8 Å². The standard InChI is InChI=1S/C8H14ClNO3/c1-8(11)3-2-6(4-7(8)9)5-10(12)13/h6-7,11H,2-5H2,1H3/t6-,7?,8-/m0/s1. The van der Waals surface area contributed by atoms with Crippen LogP contribution in [0, 0.1) is 16.0 Å². The molecule has 0 aromatic carbocycles. The largest absolute Gasteiger partial charge is 0.389 e. The average molecular weight is 208 g/mol. The van der Waals surface area contributed by atoms with Crippen molar-refractivity contribution in [3.05, 3.63) is 10.1 Å². The van der Waals surface area contributed by atoms with Gasteiger partial charge in [0.1, 0.15) is 0 Å². The molecular weight excluding hydrogens is 194 g/mol. The van der Waals surface area contributed by atoms with Crippen molar-refractivity contribution >= 4 is 11.6 Å². The zero-order valence-electron chi connectivity index (χ0n) is 7.57. The van der Waals surface area contributed by atoms with Gasteiger partial charge in [-0.2, -0.15) is 0 Å². The SMILES string of the molecule is C[C@]1(O)CC[C@H](C[N+](=O)[O-])CC1Cl. The van der Waals surface area contributed by atoms with Crippen LogP contribution >= 0.6 is 11.6 Å². The van der Waals surface area contributed by atoms with Crippen LogP contribution in [0.15, 0.2) is 0 Å². The fourth-order valence-corrected chi connectivity index (χ4v) is 2.06. The van der Waals surface area contributed by atoms with E-state index in [9.17, 15) is 15.2 Å². The van der Waals surface area contributed by atoms with E-state index in [0.29, 0.717) is 19.3 Å². The first-order valence-electron chi connectivity index (χ1n) is 4.40. The molecule has 0 aliphatic heterocycles. The molecule has 0 radical (unpaired) electrons. The number of aliphatic hydroxyl groups is 1. The van der Waals surface area contributed by atoms with Gasteiger partial charge in [-0.15, -0.1) is 11.6 Å². The van der Waals surface area contributed by atoms with Crippen LogP contribution in [-0.2, 0) is 0 Å². The van der Waals surface area contributed by atoms with Crippen LogP contribution in [0.25, 0.3) is 0 Å². The number of alkyl halides is 1. The summed E-state index contributed by atoms with van der Waals surface area (Å²) in [6, 6.07) is 0. The zero-order chi connectivity index (χ0) is 10.1. The highest BCUT2D eigenvalue weighted by molar-refractivity contribution is 6.21. The molecule has 4 nitrogen and oxygen atoms in total. The molecule has 1 N–H and O–H groups in total. The molecule has 76 valence electrons. The zero-order valence-corrected chi connectivity index (χ0v) is 8.33. The summed E-state index contributed by atoms with van der Waals surface area (Å²) in [6.45, 7) is 1.66. The molecule has 0 bridgehead atoms. The Bertz CT molecular complexity index is 208. The molecule has 0 spiro atoms. The van der Waals surface area contributed by atoms with Crippen molar-refractivity contribution in [2.75, 3.05) is 6.54 Å². The lowest BCUT2D eigenvalue weighted by atomic mass is 9.79. The van der Waals surface area contributed by atoms with Gasteiger partial charge in [-0.3, -0.25) is 10.1 Å². The van der Waals surface area contributed by atoms with Crippen molar-refractivity contribution in [2.24, 2.45) is 5.92 Å². The van der Waals surface area contributed by atoms with Crippen LogP contribution in [0.4, 0.5) is 0 Å². The number of halogens is 1. The first kappa shape index (κ1) is 10.7. The lowest BCUT2D eigenvalue weighted by molar-refractivity contribution is -0.489. The normalized spacial score (nSPS) is 40.2. The molecule has 1 saturated carbocycles. The highest BCUT2D eigenvalue weighted by Gasteiger charge is 2.38. The van der Waals surface area contributed by atoms with E-state index < -0.39 is 5.60 Å². The highest BCUT2D eigenvalue weighted by Crippen LogP contribution is 2.35. The van der Waals surface area contributed by atoms with Crippen molar-refractivity contribution < 1.29 is 10.0 Å². The topological polar surface area (TPSA) is 63.4 Å². The van der Waals surface area contributed by atoms with Gasteiger partial charge in [-0.1, -0.05) is 0 Å². The molecule has 0 aromatic heterocycles. The van der Waals surface area contributed by atoms with E-state index >= 15 is 0 Å². The minimum Gasteiger partial charge on any atom is -0.389 e. The molecule has 1 unspecified atom stereocenters. The van der Waals surface area contributed by atoms with E-state index in [0.717, 1.165) is 0 Å². The van der Waals surface area contributed by atoms with E-state index in [4.69, 9.17) is 11.6 Å². The van der Waals surface area contributed by atoms with Gasteiger partial charge in [0.05, 0.1) is 11.0 Å². The summed E-state index contributed by atoms with van der Waals surface area (Å²) in [6.07, 6.45) is 1.78. The fraction of sp³-hybridized carbons (Fsp3) is 1.00. The number of hydrogen-bond donors (Lipinski definition) is 1. The smallest absolute Gasteiger partial charge is 0.206 e.